The molecule has 0 aromatic heterocycles. The Balaban J connectivity index is 1.81. The second-order valence-electron chi connectivity index (χ2n) is 7.55. The van der Waals surface area contributed by atoms with E-state index >= 15 is 0 Å². The SMILES string of the molecule is Cc1ccc(N2C(=O)N(c3cccc(C(F)(F)F)c3)[C@@H]3CS(=O)(=O)C[C@@H]32)cc1C. The molecule has 2 aliphatic heterocycles. The van der Waals surface area contributed by atoms with Gasteiger partial charge in [0.05, 0.1) is 29.2 Å². The van der Waals surface area contributed by atoms with Crippen molar-refractivity contribution < 1.29 is 26.4 Å². The Hall–Kier alpha value is -2.55. The Kier molecular flexibility index (Phi) is 4.41. The molecule has 0 bridgehead atoms. The van der Waals surface area contributed by atoms with Crippen molar-refractivity contribution >= 4 is 27.2 Å². The maximum atomic E-state index is 13.3. The minimum atomic E-state index is -4.56. The number of benzene rings is 2. The van der Waals surface area contributed by atoms with E-state index in [-0.39, 0.29) is 17.2 Å². The van der Waals surface area contributed by atoms with Crippen LogP contribution in [-0.4, -0.2) is 38.0 Å². The average Bonchev–Trinajstić information content (AvgIpc) is 3.05. The Labute approximate surface area is 166 Å². The fourth-order valence-corrected chi connectivity index (χ4v) is 5.93. The van der Waals surface area contributed by atoms with E-state index in [1.165, 1.54) is 21.9 Å². The van der Waals surface area contributed by atoms with E-state index in [0.29, 0.717) is 5.69 Å². The molecule has 5 nitrogen and oxygen atoms in total. The zero-order valence-electron chi connectivity index (χ0n) is 15.8. The number of carbonyl (C=O) groups is 1. The van der Waals surface area contributed by atoms with E-state index in [1.54, 1.807) is 12.1 Å². The zero-order chi connectivity index (χ0) is 21.1. The van der Waals surface area contributed by atoms with Crippen LogP contribution < -0.4 is 9.80 Å². The first-order valence-electron chi connectivity index (χ1n) is 9.05. The number of anilines is 2. The summed E-state index contributed by atoms with van der Waals surface area (Å²) in [5, 5.41) is 0. The molecule has 29 heavy (non-hydrogen) atoms. The molecule has 2 saturated heterocycles. The van der Waals surface area contributed by atoms with Crippen LogP contribution in [0.15, 0.2) is 42.5 Å². The molecule has 2 aromatic carbocycles. The van der Waals surface area contributed by atoms with Crippen molar-refractivity contribution in [3.63, 3.8) is 0 Å². The molecule has 2 heterocycles. The van der Waals surface area contributed by atoms with Crippen molar-refractivity contribution in [1.82, 2.24) is 0 Å². The highest BCUT2D eigenvalue weighted by Crippen LogP contribution is 2.40. The summed E-state index contributed by atoms with van der Waals surface area (Å²) in [4.78, 5) is 15.9. The lowest BCUT2D eigenvalue weighted by atomic mass is 10.1. The van der Waals surface area contributed by atoms with E-state index in [4.69, 9.17) is 0 Å². The number of hydrogen-bond donors (Lipinski definition) is 0. The number of carbonyl (C=O) groups excluding carboxylic acids is 1. The quantitative estimate of drug-likeness (QED) is 0.687. The van der Waals surface area contributed by atoms with Gasteiger partial charge in [-0.3, -0.25) is 9.80 Å². The molecule has 0 unspecified atom stereocenters. The van der Waals surface area contributed by atoms with E-state index in [2.05, 4.69) is 0 Å². The van der Waals surface area contributed by atoms with Gasteiger partial charge in [-0.25, -0.2) is 13.2 Å². The summed E-state index contributed by atoms with van der Waals surface area (Å²) in [6.45, 7) is 3.80. The lowest BCUT2D eigenvalue weighted by Crippen LogP contribution is -2.38. The topological polar surface area (TPSA) is 57.7 Å². The van der Waals surface area contributed by atoms with Crippen molar-refractivity contribution in [3.05, 3.63) is 59.2 Å². The molecule has 2 fully saturated rings. The second-order valence-corrected chi connectivity index (χ2v) is 9.70. The third-order valence-electron chi connectivity index (χ3n) is 5.59. The van der Waals surface area contributed by atoms with Crippen LogP contribution in [0.2, 0.25) is 0 Å². The van der Waals surface area contributed by atoms with Crippen LogP contribution >= 0.6 is 0 Å². The number of sulfone groups is 1. The molecule has 154 valence electrons. The fraction of sp³-hybridized carbons (Fsp3) is 0.350. The molecule has 0 aliphatic carbocycles. The number of urea groups is 1. The Morgan fingerprint density at radius 1 is 0.897 bits per heavy atom. The molecular formula is C20H19F3N2O3S. The van der Waals surface area contributed by atoms with Crippen molar-refractivity contribution in [2.45, 2.75) is 32.1 Å². The summed E-state index contributed by atoms with van der Waals surface area (Å²) in [5.41, 5.74) is 1.66. The maximum Gasteiger partial charge on any atom is 0.416 e. The zero-order valence-corrected chi connectivity index (χ0v) is 16.6. The lowest BCUT2D eigenvalue weighted by Gasteiger charge is -2.23. The molecule has 0 N–H and O–H groups in total. The molecule has 2 aliphatic rings. The van der Waals surface area contributed by atoms with Crippen LogP contribution in [0.5, 0.6) is 0 Å². The monoisotopic (exact) mass is 424 g/mol. The van der Waals surface area contributed by atoms with E-state index in [1.807, 2.05) is 19.9 Å². The molecule has 2 aromatic rings. The smallest absolute Gasteiger partial charge is 0.288 e. The van der Waals surface area contributed by atoms with Gasteiger partial charge in [-0.2, -0.15) is 13.2 Å². The number of aryl methyl sites for hydroxylation is 2. The lowest BCUT2D eigenvalue weighted by molar-refractivity contribution is -0.137. The summed E-state index contributed by atoms with van der Waals surface area (Å²) in [5.74, 6) is -0.493. The molecule has 0 radical (unpaired) electrons. The number of amides is 2. The number of fused-ring (bicyclic) bond motifs is 1. The third kappa shape index (κ3) is 3.37. The number of nitrogens with zero attached hydrogens (tertiary/aromatic N) is 2. The summed E-state index contributed by atoms with van der Waals surface area (Å²) in [6.07, 6.45) is -4.56. The van der Waals surface area contributed by atoms with Crippen LogP contribution in [-0.2, 0) is 16.0 Å². The molecule has 0 saturated carbocycles. The molecular weight excluding hydrogens is 405 g/mol. The highest BCUT2D eigenvalue weighted by molar-refractivity contribution is 7.91. The Morgan fingerprint density at radius 2 is 1.48 bits per heavy atom. The van der Waals surface area contributed by atoms with Gasteiger partial charge in [-0.1, -0.05) is 12.1 Å². The number of halogens is 3. The maximum absolute atomic E-state index is 13.3. The molecule has 2 atom stereocenters. The predicted octanol–water partition coefficient (Wildman–Crippen LogP) is 3.93. The number of rotatable bonds is 2. The van der Waals surface area contributed by atoms with Gasteiger partial charge in [-0.05, 0) is 55.3 Å². The van der Waals surface area contributed by atoms with Crippen LogP contribution in [0.4, 0.5) is 29.3 Å². The second kappa shape index (κ2) is 6.48. The number of hydrogen-bond acceptors (Lipinski definition) is 3. The molecule has 4 rings (SSSR count). The molecule has 0 spiro atoms. The van der Waals surface area contributed by atoms with E-state index in [9.17, 15) is 26.4 Å². The standard InChI is InChI=1S/C20H19F3N2O3S/c1-12-6-7-16(8-13(12)2)25-18-11-29(27,28)10-17(18)24(19(25)26)15-5-3-4-14(9-15)20(21,22)23/h3-9,17-18H,10-11H2,1-2H3/t17-,18+/m1/s1. The van der Waals surface area contributed by atoms with Crippen LogP contribution in [0.1, 0.15) is 16.7 Å². The Morgan fingerprint density at radius 3 is 2.03 bits per heavy atom. The Bertz CT molecular complexity index is 1100. The van der Waals surface area contributed by atoms with Gasteiger partial charge in [0, 0.05) is 11.4 Å². The van der Waals surface area contributed by atoms with Gasteiger partial charge in [0.2, 0.25) is 0 Å². The minimum Gasteiger partial charge on any atom is -0.288 e. The molecule has 2 amide bonds. The average molecular weight is 424 g/mol. The largest absolute Gasteiger partial charge is 0.416 e. The van der Waals surface area contributed by atoms with Crippen LogP contribution in [0.3, 0.4) is 0 Å². The fourth-order valence-electron chi connectivity index (χ4n) is 4.01. The third-order valence-corrected chi connectivity index (χ3v) is 7.29. The predicted molar refractivity (Wildman–Crippen MR) is 104 cm³/mol. The van der Waals surface area contributed by atoms with Gasteiger partial charge in [0.1, 0.15) is 0 Å². The first-order valence-corrected chi connectivity index (χ1v) is 10.9. The van der Waals surface area contributed by atoms with Gasteiger partial charge in [0.15, 0.2) is 9.84 Å². The highest BCUT2D eigenvalue weighted by Gasteiger charge is 2.54. The normalized spacial score (nSPS) is 23.6. The first kappa shape index (κ1) is 19.8. The van der Waals surface area contributed by atoms with Crippen LogP contribution in [0.25, 0.3) is 0 Å². The summed E-state index contributed by atoms with van der Waals surface area (Å²) in [6, 6.07) is 7.91. The van der Waals surface area contributed by atoms with Crippen molar-refractivity contribution in [3.8, 4) is 0 Å². The summed E-state index contributed by atoms with van der Waals surface area (Å²) >= 11 is 0. The van der Waals surface area contributed by atoms with Gasteiger partial charge in [-0.15, -0.1) is 0 Å². The van der Waals surface area contributed by atoms with Crippen LogP contribution in [0, 0.1) is 13.8 Å². The minimum absolute atomic E-state index is 0.0447. The van der Waals surface area contributed by atoms with Gasteiger partial charge >= 0.3 is 12.2 Å². The highest BCUT2D eigenvalue weighted by atomic mass is 32.2. The summed E-state index contributed by atoms with van der Waals surface area (Å²) < 4.78 is 64.1. The van der Waals surface area contributed by atoms with Crippen molar-refractivity contribution in [1.29, 1.82) is 0 Å². The van der Waals surface area contributed by atoms with Crippen molar-refractivity contribution in [2.75, 3.05) is 21.3 Å². The van der Waals surface area contributed by atoms with Gasteiger partial charge in [0.25, 0.3) is 0 Å². The van der Waals surface area contributed by atoms with Crippen molar-refractivity contribution in [2.24, 2.45) is 0 Å². The first-order chi connectivity index (χ1) is 13.5. The van der Waals surface area contributed by atoms with E-state index < -0.39 is 39.7 Å². The number of alkyl halides is 3. The summed E-state index contributed by atoms with van der Waals surface area (Å²) in [7, 11) is -3.43. The van der Waals surface area contributed by atoms with E-state index in [0.717, 1.165) is 23.3 Å². The molecule has 9 heteroatoms. The van der Waals surface area contributed by atoms with Gasteiger partial charge < -0.3 is 0 Å².